The molecular formula is C21H20N4O2S. The molecule has 1 aromatic heterocycles. The van der Waals surface area contributed by atoms with Crippen molar-refractivity contribution < 1.29 is 9.59 Å². The van der Waals surface area contributed by atoms with Gasteiger partial charge in [0, 0.05) is 40.7 Å². The average molecular weight is 392 g/mol. The predicted molar refractivity (Wildman–Crippen MR) is 110 cm³/mol. The summed E-state index contributed by atoms with van der Waals surface area (Å²) in [6, 6.07) is 13.3. The highest BCUT2D eigenvalue weighted by atomic mass is 32.2. The van der Waals surface area contributed by atoms with E-state index in [1.807, 2.05) is 48.0 Å². The molecule has 4 rings (SSSR count). The molecule has 2 heterocycles. The fourth-order valence-corrected chi connectivity index (χ4v) is 4.01. The van der Waals surface area contributed by atoms with Gasteiger partial charge in [0.1, 0.15) is 0 Å². The minimum atomic E-state index is -0.169. The third-order valence-electron chi connectivity index (χ3n) is 4.65. The highest BCUT2D eigenvalue weighted by molar-refractivity contribution is 7.99. The lowest BCUT2D eigenvalue weighted by atomic mass is 10.1. The molecule has 0 aliphatic carbocycles. The second kappa shape index (κ2) is 7.90. The summed E-state index contributed by atoms with van der Waals surface area (Å²) >= 11 is 1.62. The lowest BCUT2D eigenvalue weighted by molar-refractivity contribution is -0.115. The van der Waals surface area contributed by atoms with Crippen LogP contribution < -0.4 is 10.6 Å². The standard InChI is InChI=1S/C21H20N4O2S/c1-14(15-2-5-17(6-3-15)25-10-9-22-13-25)23-21(27)16-4-7-19-18(12-16)24-20(26)8-11-28-19/h2-7,9-10,12-14H,8,11H2,1H3,(H,23,27)(H,24,26). The van der Waals surface area contributed by atoms with Crippen molar-refractivity contribution in [1.29, 1.82) is 0 Å². The van der Waals surface area contributed by atoms with Crippen molar-refractivity contribution in [3.05, 3.63) is 72.3 Å². The lowest BCUT2D eigenvalue weighted by Gasteiger charge is -2.16. The number of imidazole rings is 1. The Balaban J connectivity index is 1.46. The van der Waals surface area contributed by atoms with Gasteiger partial charge in [-0.2, -0.15) is 0 Å². The van der Waals surface area contributed by atoms with Crippen LogP contribution in [0.3, 0.4) is 0 Å². The molecule has 0 fully saturated rings. The summed E-state index contributed by atoms with van der Waals surface area (Å²) in [5.41, 5.74) is 3.26. The molecule has 2 amide bonds. The number of rotatable bonds is 4. The van der Waals surface area contributed by atoms with Gasteiger partial charge in [-0.1, -0.05) is 12.1 Å². The molecule has 0 saturated heterocycles. The van der Waals surface area contributed by atoms with Crippen LogP contribution in [0.4, 0.5) is 5.69 Å². The number of nitrogens with zero attached hydrogens (tertiary/aromatic N) is 2. The number of carbonyl (C=O) groups is 2. The average Bonchev–Trinajstić information content (AvgIpc) is 3.17. The maximum absolute atomic E-state index is 12.7. The smallest absolute Gasteiger partial charge is 0.251 e. The van der Waals surface area contributed by atoms with E-state index in [4.69, 9.17) is 0 Å². The van der Waals surface area contributed by atoms with Gasteiger partial charge in [0.25, 0.3) is 5.91 Å². The maximum Gasteiger partial charge on any atom is 0.251 e. The zero-order valence-electron chi connectivity index (χ0n) is 15.4. The van der Waals surface area contributed by atoms with Crippen LogP contribution in [-0.4, -0.2) is 27.1 Å². The minimum absolute atomic E-state index is 0.0184. The third kappa shape index (κ3) is 3.94. The van der Waals surface area contributed by atoms with E-state index in [2.05, 4.69) is 15.6 Å². The molecule has 1 unspecified atom stereocenters. The van der Waals surface area contributed by atoms with Crippen LogP contribution in [0, 0.1) is 0 Å². The SMILES string of the molecule is CC(NC(=O)c1ccc2c(c1)NC(=O)CCS2)c1ccc(-n2ccnc2)cc1. The summed E-state index contributed by atoms with van der Waals surface area (Å²) in [4.78, 5) is 29.5. The van der Waals surface area contributed by atoms with Gasteiger partial charge < -0.3 is 15.2 Å². The Morgan fingerprint density at radius 1 is 1.25 bits per heavy atom. The lowest BCUT2D eigenvalue weighted by Crippen LogP contribution is -2.26. The first-order chi connectivity index (χ1) is 13.6. The summed E-state index contributed by atoms with van der Waals surface area (Å²) < 4.78 is 1.93. The number of benzene rings is 2. The molecular weight excluding hydrogens is 372 g/mol. The minimum Gasteiger partial charge on any atom is -0.346 e. The van der Waals surface area contributed by atoms with Crippen LogP contribution in [0.1, 0.15) is 35.3 Å². The number of aromatic nitrogens is 2. The molecule has 1 atom stereocenters. The van der Waals surface area contributed by atoms with Gasteiger partial charge in [-0.3, -0.25) is 9.59 Å². The summed E-state index contributed by atoms with van der Waals surface area (Å²) in [6.45, 7) is 1.95. The molecule has 0 spiro atoms. The number of fused-ring (bicyclic) bond motifs is 1. The van der Waals surface area contributed by atoms with Crippen molar-refractivity contribution >= 4 is 29.3 Å². The molecule has 0 radical (unpaired) electrons. The molecule has 142 valence electrons. The maximum atomic E-state index is 12.7. The van der Waals surface area contributed by atoms with Crippen LogP contribution in [0.5, 0.6) is 0 Å². The van der Waals surface area contributed by atoms with E-state index in [0.717, 1.165) is 21.9 Å². The molecule has 28 heavy (non-hydrogen) atoms. The van der Waals surface area contributed by atoms with Gasteiger partial charge in [0.05, 0.1) is 18.1 Å². The largest absolute Gasteiger partial charge is 0.346 e. The van der Waals surface area contributed by atoms with E-state index in [9.17, 15) is 9.59 Å². The van der Waals surface area contributed by atoms with Gasteiger partial charge in [-0.05, 0) is 42.8 Å². The first-order valence-corrected chi connectivity index (χ1v) is 10.0. The van der Waals surface area contributed by atoms with Gasteiger partial charge >= 0.3 is 0 Å². The second-order valence-electron chi connectivity index (χ2n) is 6.61. The number of carbonyl (C=O) groups excluding carboxylic acids is 2. The Labute approximate surface area is 167 Å². The Hall–Kier alpha value is -3.06. The van der Waals surface area contributed by atoms with E-state index in [-0.39, 0.29) is 17.9 Å². The van der Waals surface area contributed by atoms with Crippen molar-refractivity contribution in [3.63, 3.8) is 0 Å². The number of anilines is 1. The van der Waals surface area contributed by atoms with E-state index < -0.39 is 0 Å². The van der Waals surface area contributed by atoms with E-state index >= 15 is 0 Å². The zero-order valence-corrected chi connectivity index (χ0v) is 16.2. The van der Waals surface area contributed by atoms with E-state index in [0.29, 0.717) is 17.7 Å². The molecule has 2 aromatic carbocycles. The fourth-order valence-electron chi connectivity index (χ4n) is 3.07. The summed E-state index contributed by atoms with van der Waals surface area (Å²) in [7, 11) is 0. The first kappa shape index (κ1) is 18.3. The van der Waals surface area contributed by atoms with Gasteiger partial charge in [-0.15, -0.1) is 11.8 Å². The normalized spacial score (nSPS) is 14.5. The molecule has 0 bridgehead atoms. The summed E-state index contributed by atoms with van der Waals surface area (Å²) in [5.74, 6) is 0.559. The van der Waals surface area contributed by atoms with Crippen molar-refractivity contribution in [2.24, 2.45) is 0 Å². The van der Waals surface area contributed by atoms with Crippen LogP contribution in [0.2, 0.25) is 0 Å². The molecule has 6 nitrogen and oxygen atoms in total. The molecule has 1 aliphatic heterocycles. The van der Waals surface area contributed by atoms with Crippen molar-refractivity contribution in [3.8, 4) is 5.69 Å². The van der Waals surface area contributed by atoms with Gasteiger partial charge in [0.2, 0.25) is 5.91 Å². The van der Waals surface area contributed by atoms with E-state index in [1.54, 1.807) is 36.4 Å². The number of hydrogen-bond donors (Lipinski definition) is 2. The third-order valence-corrected chi connectivity index (χ3v) is 5.72. The highest BCUT2D eigenvalue weighted by Crippen LogP contribution is 2.31. The molecule has 3 aromatic rings. The van der Waals surface area contributed by atoms with Gasteiger partial charge in [-0.25, -0.2) is 4.98 Å². The number of nitrogens with one attached hydrogen (secondary N) is 2. The van der Waals surface area contributed by atoms with Crippen molar-refractivity contribution in [2.75, 3.05) is 11.1 Å². The van der Waals surface area contributed by atoms with E-state index in [1.165, 1.54) is 0 Å². The van der Waals surface area contributed by atoms with Crippen LogP contribution in [0.25, 0.3) is 5.69 Å². The monoisotopic (exact) mass is 392 g/mol. The summed E-state index contributed by atoms with van der Waals surface area (Å²) in [6.07, 6.45) is 5.84. The molecule has 1 aliphatic rings. The highest BCUT2D eigenvalue weighted by Gasteiger charge is 2.17. The number of hydrogen-bond acceptors (Lipinski definition) is 4. The number of amides is 2. The second-order valence-corrected chi connectivity index (χ2v) is 7.75. The fraction of sp³-hybridized carbons (Fsp3) is 0.190. The topological polar surface area (TPSA) is 76.0 Å². The quantitative estimate of drug-likeness (QED) is 0.708. The Kier molecular flexibility index (Phi) is 5.16. The Morgan fingerprint density at radius 2 is 2.07 bits per heavy atom. The van der Waals surface area contributed by atoms with Crippen molar-refractivity contribution in [2.45, 2.75) is 24.3 Å². The molecule has 7 heteroatoms. The first-order valence-electron chi connectivity index (χ1n) is 9.06. The van der Waals surface area contributed by atoms with Crippen molar-refractivity contribution in [1.82, 2.24) is 14.9 Å². The number of thioether (sulfide) groups is 1. The zero-order chi connectivity index (χ0) is 19.5. The van der Waals surface area contributed by atoms with Crippen LogP contribution >= 0.6 is 11.8 Å². The Morgan fingerprint density at radius 3 is 2.82 bits per heavy atom. The summed E-state index contributed by atoms with van der Waals surface area (Å²) in [5, 5.41) is 5.90. The predicted octanol–water partition coefficient (Wildman–Crippen LogP) is 3.80. The molecule has 0 saturated carbocycles. The Bertz CT molecular complexity index is 1000. The molecule has 2 N–H and O–H groups in total. The van der Waals surface area contributed by atoms with Gasteiger partial charge in [0.15, 0.2) is 0 Å². The van der Waals surface area contributed by atoms with Crippen LogP contribution in [0.15, 0.2) is 66.1 Å². The van der Waals surface area contributed by atoms with Crippen LogP contribution in [-0.2, 0) is 4.79 Å².